The van der Waals surface area contributed by atoms with Crippen molar-refractivity contribution in [2.75, 3.05) is 0 Å². The molecule has 1 aliphatic heterocycles. The maximum Gasteiger partial charge on any atom is 0.259 e. The van der Waals surface area contributed by atoms with Gasteiger partial charge in [0.1, 0.15) is 29.2 Å². The van der Waals surface area contributed by atoms with Gasteiger partial charge < -0.3 is 25.7 Å². The van der Waals surface area contributed by atoms with E-state index >= 15 is 0 Å². The predicted molar refractivity (Wildman–Crippen MR) is 117 cm³/mol. The number of aliphatic hydroxyl groups is 3. The Kier molecular flexibility index (Phi) is 7.96. The second-order valence-corrected chi connectivity index (χ2v) is 7.79. The predicted octanol–water partition coefficient (Wildman–Crippen LogP) is 2.77. The molecule has 1 fully saturated rings. The Labute approximate surface area is 181 Å². The Morgan fingerprint density at radius 3 is 2.29 bits per heavy atom. The van der Waals surface area contributed by atoms with E-state index in [9.17, 15) is 30.0 Å². The highest BCUT2D eigenvalue weighted by Crippen LogP contribution is 2.27. The summed E-state index contributed by atoms with van der Waals surface area (Å²) in [6, 6.07) is 4.40. The highest BCUT2D eigenvalue weighted by Gasteiger charge is 2.42. The lowest BCUT2D eigenvalue weighted by Gasteiger charge is -2.16. The van der Waals surface area contributed by atoms with Gasteiger partial charge in [-0.3, -0.25) is 9.59 Å². The van der Waals surface area contributed by atoms with Gasteiger partial charge in [-0.05, 0) is 44.0 Å². The van der Waals surface area contributed by atoms with E-state index in [0.717, 1.165) is 5.57 Å². The maximum atomic E-state index is 12.7. The van der Waals surface area contributed by atoms with Crippen LogP contribution in [0.4, 0.5) is 0 Å². The van der Waals surface area contributed by atoms with Gasteiger partial charge in [-0.15, -0.1) is 0 Å². The molecule has 1 aliphatic rings. The van der Waals surface area contributed by atoms with Crippen molar-refractivity contribution in [2.24, 2.45) is 5.92 Å². The largest absolute Gasteiger partial charge is 0.508 e. The number of aliphatic hydroxyl groups excluding tert-OH is 3. The van der Waals surface area contributed by atoms with Crippen molar-refractivity contribution >= 4 is 11.7 Å². The Bertz CT molecular complexity index is 953. The van der Waals surface area contributed by atoms with Gasteiger partial charge in [0.2, 0.25) is 0 Å². The van der Waals surface area contributed by atoms with E-state index in [-0.39, 0.29) is 11.7 Å². The van der Waals surface area contributed by atoms with Crippen LogP contribution in [0.15, 0.2) is 71.0 Å². The lowest BCUT2D eigenvalue weighted by Crippen LogP contribution is -2.35. The number of benzene rings is 1. The summed E-state index contributed by atoms with van der Waals surface area (Å²) in [5.41, 5.74) is 1.17. The summed E-state index contributed by atoms with van der Waals surface area (Å²) in [5, 5.41) is 42.3. The van der Waals surface area contributed by atoms with E-state index in [0.29, 0.717) is 11.1 Å². The van der Waals surface area contributed by atoms with Gasteiger partial charge in [0, 0.05) is 5.92 Å². The van der Waals surface area contributed by atoms with E-state index in [1.54, 1.807) is 32.1 Å². The zero-order chi connectivity index (χ0) is 23.3. The van der Waals surface area contributed by atoms with E-state index < -0.39 is 41.3 Å². The third-order valence-electron chi connectivity index (χ3n) is 5.20. The topological polar surface area (TPSA) is 127 Å². The third-order valence-corrected chi connectivity index (χ3v) is 5.20. The number of rotatable bonds is 7. The molecule has 0 spiro atoms. The summed E-state index contributed by atoms with van der Waals surface area (Å²) >= 11 is 0. The van der Waals surface area contributed by atoms with Gasteiger partial charge in [-0.1, -0.05) is 48.9 Å². The van der Waals surface area contributed by atoms with Crippen LogP contribution in [0.2, 0.25) is 0 Å². The highest BCUT2D eigenvalue weighted by atomic mass is 16.3. The Morgan fingerprint density at radius 2 is 1.71 bits per heavy atom. The number of carbonyl (C=O) groups is 2. The molecule has 166 valence electrons. The van der Waals surface area contributed by atoms with E-state index in [4.69, 9.17) is 0 Å². The first-order chi connectivity index (χ1) is 14.5. The van der Waals surface area contributed by atoms with E-state index in [1.807, 2.05) is 19.9 Å². The van der Waals surface area contributed by atoms with Crippen LogP contribution in [0.25, 0.3) is 0 Å². The second-order valence-electron chi connectivity index (χ2n) is 7.79. The molecule has 1 amide bonds. The summed E-state index contributed by atoms with van der Waals surface area (Å²) in [4.78, 5) is 25.0. The van der Waals surface area contributed by atoms with Gasteiger partial charge in [-0.25, -0.2) is 0 Å². The molecule has 0 unspecified atom stereocenters. The highest BCUT2D eigenvalue weighted by molar-refractivity contribution is 6.27. The Hall–Kier alpha value is -3.16. The molecule has 0 bridgehead atoms. The standard InChI is InChI=1S/C24H29NO6/c1-13(12-15(3)16(4)26)6-5-7-14(2)21(28)19-23(30)20(25-24(19)31)22(29)17-8-10-18(27)11-9-17/h5-12,15-16,20,22,26-29H,1-4H3,(H,25,31)/b6-5+,13-12+,14-7+,21-19-/t15-,16+,20-,22-/m0/s1. The van der Waals surface area contributed by atoms with E-state index in [2.05, 4.69) is 5.32 Å². The SMILES string of the molecule is CC(/C=C/C=C(C)/C(O)=C1/C(=O)N[C@@H]([C@@H](O)c2ccc(O)cc2)C1=O)=C\[C@H](C)[C@@H](C)O. The summed E-state index contributed by atoms with van der Waals surface area (Å²) in [5.74, 6) is -1.92. The zero-order valence-corrected chi connectivity index (χ0v) is 18.0. The molecule has 0 radical (unpaired) electrons. The van der Waals surface area contributed by atoms with Crippen molar-refractivity contribution in [3.8, 4) is 5.75 Å². The number of ketones is 1. The fourth-order valence-electron chi connectivity index (χ4n) is 3.09. The van der Waals surface area contributed by atoms with Crippen molar-refractivity contribution in [2.45, 2.75) is 45.9 Å². The fourth-order valence-corrected chi connectivity index (χ4v) is 3.09. The molecule has 2 rings (SSSR count). The summed E-state index contributed by atoms with van der Waals surface area (Å²) in [7, 11) is 0. The van der Waals surface area contributed by atoms with Crippen LogP contribution >= 0.6 is 0 Å². The minimum atomic E-state index is -1.32. The molecule has 7 nitrogen and oxygen atoms in total. The quantitative estimate of drug-likeness (QED) is 0.197. The number of hydrogen-bond acceptors (Lipinski definition) is 6. The van der Waals surface area contributed by atoms with Crippen molar-refractivity contribution in [1.29, 1.82) is 0 Å². The summed E-state index contributed by atoms with van der Waals surface area (Å²) in [6.07, 6.45) is 5.14. The van der Waals surface area contributed by atoms with Crippen LogP contribution < -0.4 is 5.32 Å². The number of carbonyl (C=O) groups excluding carboxylic acids is 2. The average molecular weight is 427 g/mol. The molecule has 7 heteroatoms. The number of phenolic OH excluding ortho intramolecular Hbond substituents is 1. The maximum absolute atomic E-state index is 12.7. The van der Waals surface area contributed by atoms with Crippen molar-refractivity contribution in [3.63, 3.8) is 0 Å². The molecule has 1 saturated heterocycles. The number of nitrogens with one attached hydrogen (secondary N) is 1. The molecular formula is C24H29NO6. The Balaban J connectivity index is 2.21. The minimum Gasteiger partial charge on any atom is -0.508 e. The molecule has 0 aromatic heterocycles. The molecule has 1 heterocycles. The molecule has 1 aromatic carbocycles. The number of allylic oxidation sites excluding steroid dienone is 5. The first-order valence-corrected chi connectivity index (χ1v) is 10.00. The number of hydrogen-bond donors (Lipinski definition) is 5. The molecule has 1 aromatic rings. The van der Waals surface area contributed by atoms with E-state index in [1.165, 1.54) is 24.3 Å². The van der Waals surface area contributed by atoms with Crippen LogP contribution in [-0.2, 0) is 9.59 Å². The second kappa shape index (κ2) is 10.2. The Morgan fingerprint density at radius 1 is 1.10 bits per heavy atom. The number of phenols is 1. The normalized spacial score (nSPS) is 22.5. The zero-order valence-electron chi connectivity index (χ0n) is 18.0. The molecule has 4 atom stereocenters. The van der Waals surface area contributed by atoms with Gasteiger partial charge in [0.15, 0.2) is 5.78 Å². The van der Waals surface area contributed by atoms with Crippen LogP contribution in [0.5, 0.6) is 5.75 Å². The lowest BCUT2D eigenvalue weighted by molar-refractivity contribution is -0.118. The minimum absolute atomic E-state index is 0.00944. The first kappa shape index (κ1) is 24.1. The van der Waals surface area contributed by atoms with Crippen molar-refractivity contribution in [3.05, 3.63) is 76.6 Å². The monoisotopic (exact) mass is 427 g/mol. The van der Waals surface area contributed by atoms with Gasteiger partial charge in [0.05, 0.1) is 6.10 Å². The van der Waals surface area contributed by atoms with Gasteiger partial charge >= 0.3 is 0 Å². The fraction of sp³-hybridized carbons (Fsp3) is 0.333. The van der Waals surface area contributed by atoms with Crippen molar-refractivity contribution in [1.82, 2.24) is 5.32 Å². The lowest BCUT2D eigenvalue weighted by atomic mass is 9.97. The molecular weight excluding hydrogens is 398 g/mol. The number of amides is 1. The van der Waals surface area contributed by atoms with Crippen LogP contribution in [0.1, 0.15) is 39.4 Å². The van der Waals surface area contributed by atoms with Gasteiger partial charge in [0.25, 0.3) is 5.91 Å². The molecule has 0 saturated carbocycles. The van der Waals surface area contributed by atoms with Gasteiger partial charge in [-0.2, -0.15) is 0 Å². The summed E-state index contributed by atoms with van der Waals surface area (Å²) in [6.45, 7) is 7.04. The first-order valence-electron chi connectivity index (χ1n) is 10.00. The molecule has 5 N–H and O–H groups in total. The molecule has 31 heavy (non-hydrogen) atoms. The van der Waals surface area contributed by atoms with Crippen LogP contribution in [0, 0.1) is 5.92 Å². The average Bonchev–Trinajstić information content (AvgIpc) is 3.01. The molecule has 0 aliphatic carbocycles. The van der Waals surface area contributed by atoms with Crippen molar-refractivity contribution < 1.29 is 30.0 Å². The number of aromatic hydroxyl groups is 1. The van der Waals surface area contributed by atoms with Crippen LogP contribution in [0.3, 0.4) is 0 Å². The smallest absolute Gasteiger partial charge is 0.259 e. The summed E-state index contributed by atoms with van der Waals surface area (Å²) < 4.78 is 0. The van der Waals surface area contributed by atoms with Crippen LogP contribution in [-0.4, -0.2) is 44.3 Å². The number of Topliss-reactive ketones (excluding diaryl/α,β-unsaturated/α-hetero) is 1. The third kappa shape index (κ3) is 5.93.